The fraction of sp³-hybridized carbons (Fsp3) is 0.727. The minimum absolute atomic E-state index is 0.262. The van der Waals surface area contributed by atoms with Gasteiger partial charge in [-0.15, -0.1) is 0 Å². The molecule has 2 unspecified atom stereocenters. The van der Waals surface area contributed by atoms with Crippen LogP contribution in [0, 0.1) is 5.92 Å². The molecule has 0 amide bonds. The van der Waals surface area contributed by atoms with Crippen molar-refractivity contribution < 1.29 is 5.11 Å². The minimum Gasteiger partial charge on any atom is -0.393 e. The minimum atomic E-state index is -0.262. The molecule has 0 aliphatic rings. The molecule has 3 heteroatoms. The van der Waals surface area contributed by atoms with Crippen LogP contribution in [0.15, 0.2) is 12.4 Å². The molecule has 0 saturated carbocycles. The summed E-state index contributed by atoms with van der Waals surface area (Å²) >= 11 is 0. The molecule has 0 bridgehead atoms. The van der Waals surface area contributed by atoms with E-state index in [0.29, 0.717) is 0 Å². The largest absolute Gasteiger partial charge is 0.393 e. The molecule has 0 saturated heterocycles. The third-order valence-corrected chi connectivity index (χ3v) is 2.59. The predicted octanol–water partition coefficient (Wildman–Crippen LogP) is 1.85. The van der Waals surface area contributed by atoms with Gasteiger partial charge in [0, 0.05) is 25.4 Å². The number of rotatable bonds is 5. The van der Waals surface area contributed by atoms with Crippen LogP contribution in [0.2, 0.25) is 0 Å². The van der Waals surface area contributed by atoms with Gasteiger partial charge in [0.1, 0.15) is 5.82 Å². The van der Waals surface area contributed by atoms with Crippen LogP contribution in [-0.2, 0) is 13.0 Å². The Balaban J connectivity index is 2.61. The smallest absolute Gasteiger partial charge is 0.108 e. The van der Waals surface area contributed by atoms with E-state index in [1.54, 1.807) is 0 Å². The molecule has 0 spiro atoms. The van der Waals surface area contributed by atoms with Gasteiger partial charge in [-0.2, -0.15) is 0 Å². The molecule has 2 atom stereocenters. The summed E-state index contributed by atoms with van der Waals surface area (Å²) in [5, 5.41) is 9.40. The highest BCUT2D eigenvalue weighted by Gasteiger charge is 2.12. The van der Waals surface area contributed by atoms with Gasteiger partial charge in [-0.05, 0) is 19.3 Å². The van der Waals surface area contributed by atoms with E-state index in [4.69, 9.17) is 0 Å². The van der Waals surface area contributed by atoms with Crippen molar-refractivity contribution in [2.75, 3.05) is 0 Å². The quantitative estimate of drug-likeness (QED) is 0.780. The molecule has 1 N–H and O–H groups in total. The van der Waals surface area contributed by atoms with Crippen molar-refractivity contribution in [3.8, 4) is 0 Å². The number of aromatic nitrogens is 2. The third-order valence-electron chi connectivity index (χ3n) is 2.59. The van der Waals surface area contributed by atoms with E-state index in [0.717, 1.165) is 25.2 Å². The van der Waals surface area contributed by atoms with Crippen LogP contribution in [0.4, 0.5) is 0 Å². The van der Waals surface area contributed by atoms with Crippen LogP contribution in [0.25, 0.3) is 0 Å². The first-order chi connectivity index (χ1) is 6.65. The van der Waals surface area contributed by atoms with Crippen LogP contribution >= 0.6 is 0 Å². The van der Waals surface area contributed by atoms with E-state index in [9.17, 15) is 5.11 Å². The zero-order valence-corrected chi connectivity index (χ0v) is 9.27. The zero-order valence-electron chi connectivity index (χ0n) is 9.27. The fourth-order valence-electron chi connectivity index (χ4n) is 1.43. The normalized spacial score (nSPS) is 15.4. The maximum atomic E-state index is 9.40. The van der Waals surface area contributed by atoms with Gasteiger partial charge >= 0.3 is 0 Å². The highest BCUT2D eigenvalue weighted by atomic mass is 16.3. The Hall–Kier alpha value is -0.830. The standard InChI is InChI=1S/C11H20N2O/c1-4-6-13-7-5-12-11(13)8-9(2)10(3)14/h5,7,9-10,14H,4,6,8H2,1-3H3. The molecule has 1 heterocycles. The summed E-state index contributed by atoms with van der Waals surface area (Å²) in [4.78, 5) is 4.31. The molecule has 1 rings (SSSR count). The molecule has 0 aromatic carbocycles. The van der Waals surface area contributed by atoms with Crippen LogP contribution in [-0.4, -0.2) is 20.8 Å². The van der Waals surface area contributed by atoms with E-state index < -0.39 is 0 Å². The second-order valence-electron chi connectivity index (χ2n) is 3.96. The summed E-state index contributed by atoms with van der Waals surface area (Å²) in [6, 6.07) is 0. The first-order valence-electron chi connectivity index (χ1n) is 5.33. The van der Waals surface area contributed by atoms with Crippen LogP contribution in [0.5, 0.6) is 0 Å². The second kappa shape index (κ2) is 5.15. The molecule has 0 aliphatic heterocycles. The number of hydrogen-bond donors (Lipinski definition) is 1. The van der Waals surface area contributed by atoms with Gasteiger partial charge in [-0.1, -0.05) is 13.8 Å². The lowest BCUT2D eigenvalue weighted by Crippen LogP contribution is -2.18. The van der Waals surface area contributed by atoms with Crippen LogP contribution in [0.1, 0.15) is 33.0 Å². The maximum absolute atomic E-state index is 9.40. The van der Waals surface area contributed by atoms with Crippen molar-refractivity contribution in [2.45, 2.75) is 46.3 Å². The van der Waals surface area contributed by atoms with Crippen molar-refractivity contribution in [2.24, 2.45) is 5.92 Å². The van der Waals surface area contributed by atoms with E-state index in [-0.39, 0.29) is 12.0 Å². The summed E-state index contributed by atoms with van der Waals surface area (Å²) in [5.74, 6) is 1.35. The molecular weight excluding hydrogens is 176 g/mol. The summed E-state index contributed by atoms with van der Waals surface area (Å²) in [6.45, 7) is 7.05. The van der Waals surface area contributed by atoms with Gasteiger partial charge in [0.25, 0.3) is 0 Å². The number of imidazole rings is 1. The molecule has 1 aromatic rings. The highest BCUT2D eigenvalue weighted by Crippen LogP contribution is 2.11. The number of aliphatic hydroxyl groups excluding tert-OH is 1. The number of aliphatic hydroxyl groups is 1. The highest BCUT2D eigenvalue weighted by molar-refractivity contribution is 4.94. The van der Waals surface area contributed by atoms with Gasteiger partial charge in [0.2, 0.25) is 0 Å². The van der Waals surface area contributed by atoms with Crippen molar-refractivity contribution in [1.82, 2.24) is 9.55 Å². The number of nitrogens with zero attached hydrogens (tertiary/aromatic N) is 2. The Labute approximate surface area is 85.8 Å². The zero-order chi connectivity index (χ0) is 10.6. The predicted molar refractivity (Wildman–Crippen MR) is 57.1 cm³/mol. The van der Waals surface area contributed by atoms with Crippen LogP contribution < -0.4 is 0 Å². The summed E-state index contributed by atoms with van der Waals surface area (Å²) in [5.41, 5.74) is 0. The SMILES string of the molecule is CCCn1ccnc1CC(C)C(C)O. The maximum Gasteiger partial charge on any atom is 0.108 e. The Kier molecular flexibility index (Phi) is 4.14. The molecule has 3 nitrogen and oxygen atoms in total. The van der Waals surface area contributed by atoms with E-state index in [1.807, 2.05) is 19.3 Å². The molecule has 80 valence electrons. The topological polar surface area (TPSA) is 38.0 Å². The van der Waals surface area contributed by atoms with Gasteiger partial charge in [-0.3, -0.25) is 0 Å². The Morgan fingerprint density at radius 1 is 1.50 bits per heavy atom. The van der Waals surface area contributed by atoms with Gasteiger partial charge < -0.3 is 9.67 Å². The van der Waals surface area contributed by atoms with E-state index in [2.05, 4.69) is 23.4 Å². The molecule has 1 aromatic heterocycles. The van der Waals surface area contributed by atoms with Crippen molar-refractivity contribution in [3.05, 3.63) is 18.2 Å². The molecule has 14 heavy (non-hydrogen) atoms. The Morgan fingerprint density at radius 3 is 2.79 bits per heavy atom. The molecule has 0 aliphatic carbocycles. The number of aryl methyl sites for hydroxylation is 1. The lowest BCUT2D eigenvalue weighted by molar-refractivity contribution is 0.133. The average Bonchev–Trinajstić information content (AvgIpc) is 2.53. The fourth-order valence-corrected chi connectivity index (χ4v) is 1.43. The van der Waals surface area contributed by atoms with E-state index >= 15 is 0 Å². The first-order valence-corrected chi connectivity index (χ1v) is 5.33. The average molecular weight is 196 g/mol. The van der Waals surface area contributed by atoms with Crippen molar-refractivity contribution in [1.29, 1.82) is 0 Å². The lowest BCUT2D eigenvalue weighted by Gasteiger charge is -2.14. The lowest BCUT2D eigenvalue weighted by atomic mass is 10.0. The third kappa shape index (κ3) is 2.84. The van der Waals surface area contributed by atoms with Gasteiger partial charge in [0.05, 0.1) is 6.10 Å². The first kappa shape index (κ1) is 11.2. The molecular formula is C11H20N2O. The Morgan fingerprint density at radius 2 is 2.21 bits per heavy atom. The van der Waals surface area contributed by atoms with Crippen molar-refractivity contribution in [3.63, 3.8) is 0 Å². The summed E-state index contributed by atoms with van der Waals surface area (Å²) < 4.78 is 2.17. The van der Waals surface area contributed by atoms with Gasteiger partial charge in [0.15, 0.2) is 0 Å². The molecule has 0 radical (unpaired) electrons. The van der Waals surface area contributed by atoms with Crippen molar-refractivity contribution >= 4 is 0 Å². The summed E-state index contributed by atoms with van der Waals surface area (Å²) in [7, 11) is 0. The van der Waals surface area contributed by atoms with Gasteiger partial charge in [-0.25, -0.2) is 4.98 Å². The summed E-state index contributed by atoms with van der Waals surface area (Å²) in [6.07, 6.45) is 5.55. The second-order valence-corrected chi connectivity index (χ2v) is 3.96. The van der Waals surface area contributed by atoms with Crippen LogP contribution in [0.3, 0.4) is 0 Å². The monoisotopic (exact) mass is 196 g/mol. The Bertz CT molecular complexity index is 268. The van der Waals surface area contributed by atoms with E-state index in [1.165, 1.54) is 0 Å². The molecule has 0 fully saturated rings. The number of hydrogen-bond acceptors (Lipinski definition) is 2.